The average Bonchev–Trinajstić information content (AvgIpc) is 3.60. The third kappa shape index (κ3) is 5.53. The summed E-state index contributed by atoms with van der Waals surface area (Å²) in [6.07, 6.45) is 2.47. The summed E-state index contributed by atoms with van der Waals surface area (Å²) < 4.78 is 26.5. The van der Waals surface area contributed by atoms with Crippen molar-refractivity contribution < 1.29 is 18.7 Å². The van der Waals surface area contributed by atoms with E-state index in [-0.39, 0.29) is 36.2 Å². The van der Waals surface area contributed by atoms with Gasteiger partial charge in [0.15, 0.2) is 11.5 Å². The fraction of sp³-hybridized carbons (Fsp3) is 0.312. The predicted molar refractivity (Wildman–Crippen MR) is 173 cm³/mol. The lowest BCUT2D eigenvalue weighted by Crippen LogP contribution is -2.48. The van der Waals surface area contributed by atoms with Crippen molar-refractivity contribution in [2.45, 2.75) is 33.4 Å². The Balaban J connectivity index is 1.34. The molecule has 0 aliphatic carbocycles. The molecule has 0 radical (unpaired) electrons. The van der Waals surface area contributed by atoms with Crippen LogP contribution in [0.4, 0.5) is 15.9 Å². The lowest BCUT2D eigenvalue weighted by atomic mass is 10.0. The van der Waals surface area contributed by atoms with E-state index in [4.69, 9.17) is 21.7 Å². The van der Waals surface area contributed by atoms with Crippen molar-refractivity contribution in [2.24, 2.45) is 0 Å². The first-order chi connectivity index (χ1) is 21.3. The standard InChI is InChI=1S/C32H30FN5O4S2/c1-3-10-37-29(36-13-11-35(12-14-36)23-7-5-22(33)6-8-23)24(20(2)25(17-34)30(37)39)16-28-31(40)38(32(43)44-28)18-21-4-9-26-27(15-21)42-19-41-26/h4-9,15-16H,3,10-14,18-19H2,1-2H3/b28-16-. The second kappa shape index (κ2) is 12.3. The molecule has 3 aliphatic heterocycles. The maximum atomic E-state index is 13.7. The zero-order chi connectivity index (χ0) is 31.0. The molecule has 3 aliphatic rings. The van der Waals surface area contributed by atoms with Gasteiger partial charge in [0, 0.05) is 44.0 Å². The van der Waals surface area contributed by atoms with E-state index >= 15 is 0 Å². The Labute approximate surface area is 264 Å². The molecule has 4 heterocycles. The Hall–Kier alpha value is -4.34. The van der Waals surface area contributed by atoms with E-state index in [2.05, 4.69) is 15.9 Å². The predicted octanol–water partition coefficient (Wildman–Crippen LogP) is 5.03. The second-order valence-electron chi connectivity index (χ2n) is 10.7. The number of halogens is 1. The first-order valence-corrected chi connectivity index (χ1v) is 15.6. The number of fused-ring (bicyclic) bond motifs is 1. The molecule has 0 bridgehead atoms. The maximum absolute atomic E-state index is 13.7. The Morgan fingerprint density at radius 1 is 1.05 bits per heavy atom. The quantitative estimate of drug-likeness (QED) is 0.263. The van der Waals surface area contributed by atoms with Gasteiger partial charge in [0.2, 0.25) is 6.79 Å². The van der Waals surface area contributed by atoms with Crippen LogP contribution in [0.5, 0.6) is 11.5 Å². The number of carbonyl (C=O) groups is 1. The van der Waals surface area contributed by atoms with Gasteiger partial charge in [-0.15, -0.1) is 0 Å². The van der Waals surface area contributed by atoms with Gasteiger partial charge in [-0.05, 0) is 66.9 Å². The summed E-state index contributed by atoms with van der Waals surface area (Å²) in [6, 6.07) is 14.1. The van der Waals surface area contributed by atoms with Crippen molar-refractivity contribution in [1.82, 2.24) is 9.47 Å². The van der Waals surface area contributed by atoms with Gasteiger partial charge in [-0.25, -0.2) is 4.39 Å². The van der Waals surface area contributed by atoms with Crippen molar-refractivity contribution in [2.75, 3.05) is 42.8 Å². The highest BCUT2D eigenvalue weighted by molar-refractivity contribution is 8.26. The smallest absolute Gasteiger partial charge is 0.270 e. The molecule has 1 amide bonds. The first-order valence-electron chi connectivity index (χ1n) is 14.4. The largest absolute Gasteiger partial charge is 0.454 e. The maximum Gasteiger partial charge on any atom is 0.270 e. The van der Waals surface area contributed by atoms with Crippen LogP contribution in [0.2, 0.25) is 0 Å². The number of thiocarbonyl (C=S) groups is 1. The molecule has 12 heteroatoms. The molecule has 6 rings (SSSR count). The van der Waals surface area contributed by atoms with Crippen LogP contribution in [0.25, 0.3) is 6.08 Å². The minimum atomic E-state index is -0.338. The third-order valence-electron chi connectivity index (χ3n) is 7.99. The summed E-state index contributed by atoms with van der Waals surface area (Å²) in [5.74, 6) is 1.46. The minimum absolute atomic E-state index is 0.0641. The number of pyridine rings is 1. The summed E-state index contributed by atoms with van der Waals surface area (Å²) in [4.78, 5) is 33.6. The summed E-state index contributed by atoms with van der Waals surface area (Å²) in [7, 11) is 0. The van der Waals surface area contributed by atoms with Gasteiger partial charge in [0.05, 0.1) is 11.4 Å². The highest BCUT2D eigenvalue weighted by atomic mass is 32.2. The number of hydrogen-bond acceptors (Lipinski definition) is 9. The van der Waals surface area contributed by atoms with Gasteiger partial charge in [-0.1, -0.05) is 37.0 Å². The summed E-state index contributed by atoms with van der Waals surface area (Å²) in [6.45, 7) is 7.10. The van der Waals surface area contributed by atoms with Gasteiger partial charge in [-0.3, -0.25) is 19.1 Å². The van der Waals surface area contributed by atoms with Crippen LogP contribution in [-0.4, -0.2) is 52.7 Å². The Kier molecular flexibility index (Phi) is 8.33. The van der Waals surface area contributed by atoms with Crippen LogP contribution >= 0.6 is 24.0 Å². The van der Waals surface area contributed by atoms with Gasteiger partial charge < -0.3 is 19.3 Å². The number of nitrogens with zero attached hydrogens (tertiary/aromatic N) is 5. The molecule has 9 nitrogen and oxygen atoms in total. The number of amides is 1. The van der Waals surface area contributed by atoms with Crippen LogP contribution in [0.3, 0.4) is 0 Å². The Bertz CT molecular complexity index is 1780. The van der Waals surface area contributed by atoms with Crippen molar-refractivity contribution in [3.63, 3.8) is 0 Å². The SMILES string of the molecule is CCCn1c(N2CCN(c3ccc(F)cc3)CC2)c(/C=C2\SC(=S)N(Cc3ccc4c(c3)OCO4)C2=O)c(C)c(C#N)c1=O. The number of rotatable bonds is 7. The van der Waals surface area contributed by atoms with Crippen molar-refractivity contribution in [3.05, 3.63) is 85.8 Å². The average molecular weight is 632 g/mol. The fourth-order valence-electron chi connectivity index (χ4n) is 5.73. The van der Waals surface area contributed by atoms with E-state index in [0.29, 0.717) is 76.8 Å². The molecule has 0 unspecified atom stereocenters. The van der Waals surface area contributed by atoms with Crippen LogP contribution in [0.1, 0.15) is 35.6 Å². The molecule has 0 atom stereocenters. The molecule has 2 saturated heterocycles. The van der Waals surface area contributed by atoms with Gasteiger partial charge >= 0.3 is 0 Å². The second-order valence-corrected chi connectivity index (χ2v) is 12.4. The number of ether oxygens (including phenoxy) is 2. The molecule has 226 valence electrons. The number of piperazine rings is 1. The van der Waals surface area contributed by atoms with Gasteiger partial charge in [-0.2, -0.15) is 5.26 Å². The number of hydrogen-bond donors (Lipinski definition) is 0. The molecule has 44 heavy (non-hydrogen) atoms. The molecule has 2 fully saturated rings. The zero-order valence-corrected chi connectivity index (χ0v) is 26.0. The minimum Gasteiger partial charge on any atom is -0.454 e. The van der Waals surface area contributed by atoms with E-state index in [0.717, 1.165) is 11.3 Å². The van der Waals surface area contributed by atoms with Crippen LogP contribution in [0, 0.1) is 24.1 Å². The lowest BCUT2D eigenvalue weighted by molar-refractivity contribution is -0.122. The molecule has 0 spiro atoms. The highest BCUT2D eigenvalue weighted by Crippen LogP contribution is 2.38. The van der Waals surface area contributed by atoms with E-state index in [1.165, 1.54) is 23.9 Å². The van der Waals surface area contributed by atoms with Crippen LogP contribution < -0.4 is 24.8 Å². The molecular weight excluding hydrogens is 602 g/mol. The van der Waals surface area contributed by atoms with Gasteiger partial charge in [0.1, 0.15) is 27.6 Å². The van der Waals surface area contributed by atoms with E-state index in [1.54, 1.807) is 34.6 Å². The van der Waals surface area contributed by atoms with E-state index < -0.39 is 0 Å². The van der Waals surface area contributed by atoms with Crippen molar-refractivity contribution in [3.8, 4) is 17.6 Å². The number of aromatic nitrogens is 1. The number of thioether (sulfide) groups is 1. The van der Waals surface area contributed by atoms with Crippen LogP contribution in [-0.2, 0) is 17.9 Å². The molecule has 0 N–H and O–H groups in total. The number of nitriles is 1. The fourth-order valence-corrected chi connectivity index (χ4v) is 6.97. The Morgan fingerprint density at radius 3 is 2.45 bits per heavy atom. The summed E-state index contributed by atoms with van der Waals surface area (Å²) in [5.41, 5.74) is 2.70. The zero-order valence-electron chi connectivity index (χ0n) is 24.3. The molecule has 1 aromatic heterocycles. The molecule has 0 saturated carbocycles. The number of carbonyl (C=O) groups excluding carboxylic acids is 1. The van der Waals surface area contributed by atoms with Crippen molar-refractivity contribution in [1.29, 1.82) is 5.26 Å². The highest BCUT2D eigenvalue weighted by Gasteiger charge is 2.34. The molecular formula is C32H30FN5O4S2. The molecule has 3 aromatic rings. The topological polar surface area (TPSA) is 91.0 Å². The van der Waals surface area contributed by atoms with E-state index in [9.17, 15) is 19.2 Å². The first kappa shape index (κ1) is 29.7. The van der Waals surface area contributed by atoms with Gasteiger partial charge in [0.25, 0.3) is 11.5 Å². The summed E-state index contributed by atoms with van der Waals surface area (Å²) in [5, 5.41) is 9.97. The summed E-state index contributed by atoms with van der Waals surface area (Å²) >= 11 is 6.84. The Morgan fingerprint density at radius 2 is 1.75 bits per heavy atom. The monoisotopic (exact) mass is 631 g/mol. The molecule has 2 aromatic carbocycles. The normalized spacial score (nSPS) is 17.1. The van der Waals surface area contributed by atoms with Crippen molar-refractivity contribution >= 4 is 51.8 Å². The number of anilines is 2. The van der Waals surface area contributed by atoms with E-state index in [1.807, 2.05) is 25.1 Å². The van der Waals surface area contributed by atoms with Crippen LogP contribution in [0.15, 0.2) is 52.2 Å². The third-order valence-corrected chi connectivity index (χ3v) is 9.37. The lowest BCUT2D eigenvalue weighted by Gasteiger charge is -2.39. The number of benzene rings is 2.